The fourth-order valence-electron chi connectivity index (χ4n) is 14.5. The minimum absolute atomic E-state index is 0.0283. The molecule has 6 amide bonds. The Bertz CT molecular complexity index is 5780. The quantitative estimate of drug-likeness (QED) is 0.0285. The fourth-order valence-corrected chi connectivity index (χ4v) is 19.8. The molecule has 1 radical (unpaired) electrons. The maximum absolute atomic E-state index is 13.3. The summed E-state index contributed by atoms with van der Waals surface area (Å²) in [6, 6.07) is 43.4. The Morgan fingerprint density at radius 2 is 0.879 bits per heavy atom. The number of carbonyl (C=O) groups excluding carboxylic acids is 6. The van der Waals surface area contributed by atoms with E-state index in [4.69, 9.17) is 27.1 Å². The molecule has 0 aliphatic carbocycles. The van der Waals surface area contributed by atoms with Crippen molar-refractivity contribution in [3.63, 3.8) is 0 Å². The first kappa shape index (κ1) is 105. The van der Waals surface area contributed by atoms with E-state index in [1.807, 2.05) is 81.4 Å². The summed E-state index contributed by atoms with van der Waals surface area (Å²) < 4.78 is 19.1. The molecule has 0 bridgehead atoms. The second-order valence-electron chi connectivity index (χ2n) is 37.7. The van der Waals surface area contributed by atoms with Gasteiger partial charge in [-0.25, -0.2) is 15.0 Å². The molecule has 3 fully saturated rings. The molecule has 0 unspecified atom stereocenters. The molecule has 6 N–H and O–H groups in total. The zero-order valence-corrected chi connectivity index (χ0v) is 86.3. The van der Waals surface area contributed by atoms with Crippen molar-refractivity contribution < 1.29 is 43.0 Å². The number of piperazine rings is 3. The Kier molecular flexibility index (Phi) is 38.5. The van der Waals surface area contributed by atoms with Crippen molar-refractivity contribution in [1.82, 2.24) is 44.4 Å². The van der Waals surface area contributed by atoms with Gasteiger partial charge in [0.2, 0.25) is 0 Å². The molecule has 0 spiro atoms. The number of likely N-dealkylation sites (N-methyl/N-ethyl adjacent to an activating group) is 3. The van der Waals surface area contributed by atoms with Crippen molar-refractivity contribution >= 4 is 154 Å². The predicted molar refractivity (Wildman–Crippen MR) is 555 cm³/mol. The molecule has 25 nitrogen and oxygen atoms in total. The Morgan fingerprint density at radius 1 is 0.470 bits per heavy atom. The third-order valence-electron chi connectivity index (χ3n) is 22.5. The summed E-state index contributed by atoms with van der Waals surface area (Å²) in [6.07, 6.45) is 15.5. The van der Waals surface area contributed by atoms with Crippen LogP contribution in [-0.4, -0.2) is 239 Å². The van der Waals surface area contributed by atoms with Crippen molar-refractivity contribution in [2.45, 2.75) is 126 Å². The van der Waals surface area contributed by atoms with Gasteiger partial charge in [-0.2, -0.15) is 0 Å². The number of hydrogen-bond acceptors (Lipinski definition) is 20. The molecule has 3 saturated heterocycles. The number of carbonyl (C=O) groups is 6. The molecule has 693 valence electrons. The number of ether oxygens (including phenoxy) is 3. The van der Waals surface area contributed by atoms with Crippen molar-refractivity contribution in [2.24, 2.45) is 4.30 Å². The number of halogens is 1. The molecule has 15 rings (SSSR count). The Hall–Kier alpha value is -11.0. The van der Waals surface area contributed by atoms with Crippen LogP contribution in [0.2, 0.25) is 78.6 Å². The van der Waals surface area contributed by atoms with Gasteiger partial charge in [0.1, 0.15) is 8.07 Å². The topological polar surface area (TPSA) is 273 Å². The van der Waals surface area contributed by atoms with Crippen LogP contribution in [0.3, 0.4) is 0 Å². The molecule has 6 aliphatic rings. The van der Waals surface area contributed by atoms with Crippen LogP contribution in [0.4, 0.5) is 34.5 Å². The van der Waals surface area contributed by atoms with Crippen LogP contribution >= 0.6 is 28.7 Å². The number of benzene rings is 6. The number of aromatic nitrogens is 3. The number of amides is 6. The van der Waals surface area contributed by atoms with Crippen LogP contribution in [-0.2, 0) is 34.0 Å². The average Bonchev–Trinajstić information content (AvgIpc) is 0.807. The normalized spacial score (nSPS) is 15.1. The van der Waals surface area contributed by atoms with Gasteiger partial charge in [0, 0.05) is 178 Å². The Morgan fingerprint density at radius 3 is 1.33 bits per heavy atom. The van der Waals surface area contributed by atoms with Crippen molar-refractivity contribution in [3.8, 4) is 53.4 Å². The number of nitrogens with zero attached hydrogens (tertiary/aromatic N) is 10. The molecular weight excluding hydrogens is 1800 g/mol. The van der Waals surface area contributed by atoms with Crippen LogP contribution in [0.5, 0.6) is 17.2 Å². The van der Waals surface area contributed by atoms with Crippen molar-refractivity contribution in [3.05, 3.63) is 229 Å². The predicted octanol–water partition coefficient (Wildman–Crippen LogP) is 14.3. The first-order valence-corrected chi connectivity index (χ1v) is 59.4. The Balaban J connectivity index is 0.000000192. The summed E-state index contributed by atoms with van der Waals surface area (Å²) in [6.45, 7) is 51.9. The van der Waals surface area contributed by atoms with E-state index in [1.54, 1.807) is 48.9 Å². The first-order chi connectivity index (χ1) is 62.4. The van der Waals surface area contributed by atoms with Gasteiger partial charge in [-0.15, -0.1) is 18.4 Å². The van der Waals surface area contributed by atoms with E-state index in [1.165, 1.54) is 37.8 Å². The second-order valence-corrected chi connectivity index (χ2v) is 58.7. The molecule has 9 aromatic rings. The zero-order valence-electron chi connectivity index (χ0n) is 79.9. The van der Waals surface area contributed by atoms with Gasteiger partial charge in [-0.1, -0.05) is 149 Å². The fraction of sp³-hybridized carbons (Fsp3) is 0.370. The molecule has 32 heteroatoms. The molecule has 0 saturated carbocycles. The third kappa shape index (κ3) is 32.7. The maximum atomic E-state index is 13.3. The average molecular weight is 1930 g/mol. The number of aryl methyl sites for hydroxylation is 4. The zero-order chi connectivity index (χ0) is 96.4. The van der Waals surface area contributed by atoms with Gasteiger partial charge in [0.15, 0.2) is 54.5 Å². The van der Waals surface area contributed by atoms with Gasteiger partial charge >= 0.3 is 24.8 Å². The number of nitrogens with one attached hydrogen (secondary N) is 6. The second kappa shape index (κ2) is 48.6. The van der Waals surface area contributed by atoms with Gasteiger partial charge in [0.25, 0.3) is 35.4 Å². The van der Waals surface area contributed by atoms with Crippen molar-refractivity contribution in [2.75, 3.05) is 151 Å². The summed E-state index contributed by atoms with van der Waals surface area (Å²) in [7, 11) is 4.94. The molecule has 3 aromatic heterocycles. The molecule has 6 aliphatic heterocycles. The number of hydrogen-bond donors (Lipinski definition) is 7. The van der Waals surface area contributed by atoms with Gasteiger partial charge in [-0.05, 0) is 194 Å². The van der Waals surface area contributed by atoms with E-state index in [-0.39, 0.29) is 55.3 Å². The monoisotopic (exact) mass is 1930 g/mol. The van der Waals surface area contributed by atoms with Crippen LogP contribution in [0.15, 0.2) is 161 Å². The molecule has 9 heterocycles. The van der Waals surface area contributed by atoms with E-state index < -0.39 is 32.3 Å². The number of rotatable bonds is 15. The van der Waals surface area contributed by atoms with Crippen LogP contribution in [0, 0.1) is 63.8 Å². The minimum atomic E-state index is -1.65. The molecule has 132 heavy (non-hydrogen) atoms. The van der Waals surface area contributed by atoms with E-state index in [2.05, 4.69) is 289 Å². The standard InChI is InChI=1S/C32H37N5O3Si.C25H33N3OSi.C24H35N3OSi.C7H5BrN2O2.C7H6N2O2.C5H10Si.BHNS/c1-22-6-8-25(17-24(22)9-7-23-16-28-31(33-19-23)35-30(38)21-40-28)32(39)34-27-11-10-26(29(18-27)41(3,4)5)20-37-14-12-36(2)13-15-37;1-7-20-16-21(9-8-19(20)2)25(29)26-23-11-10-22(24(17-23)30(4,5)6)18-28-14-12-27(3)13-15-28;1-18-7-9-21(15-19(18)2)24(28)25-22-10-8-20(16-23(22)29(4,5)6)17-27-13-11-26(3)12-14-27;8-4-1-5-7(9-2-4)10-6(11)3-12-5;10-6-4-11-5-2-1-3-8-7(5)9-6;1-5-6(2,3)4;1-2-3/h6,8,10-11,16-19H,12-15,20-21H2,1-5H3,(H,34,39)(H,33,35,38);1,8-11,16-17H,12-15,18H2,2-6H3,(H,26,29);7-10,15-16H,11-14,17H2,1-6H3,(H,25,28);1-2H,3H2,(H,9,10,11);1-3H,4H2,(H,8,9,10);1H,2-4H3;3H. The van der Waals surface area contributed by atoms with E-state index in [0.717, 1.165) is 153 Å². The van der Waals surface area contributed by atoms with Gasteiger partial charge in [-0.3, -0.25) is 43.5 Å². The SMILES string of the molecule is C#C[Si](C)(C)C.C#Cc1cc(C(=O)Nc2ccc(CN3CCN(C)CC3)c([Si](C)(C)C)c2)ccc1C.Cc1ccc(C(=O)Nc2ccc(CN3CCN(C)CC3)c([Si](C)(C)C)c2)cc1C#Cc1cnc2c(c1)OCC(=O)N2.Cc1ccc(C(=O)Nc2ccc(CN3CCN(C)CC3)cc2[Si](C)(C)C)cc1C.O=C1COc2cc(Br)cnc2N1.O=C1COc2cccnc2N1.[B]=NS. The van der Waals surface area contributed by atoms with Crippen molar-refractivity contribution in [1.29, 1.82) is 0 Å². The summed E-state index contributed by atoms with van der Waals surface area (Å²) in [5.41, 5.74) is 17.8. The van der Waals surface area contributed by atoms with E-state index in [0.29, 0.717) is 51.4 Å². The Labute approximate surface area is 799 Å². The summed E-state index contributed by atoms with van der Waals surface area (Å²) >= 11 is 6.44. The van der Waals surface area contributed by atoms with Crippen LogP contribution in [0.1, 0.15) is 86.7 Å². The van der Waals surface area contributed by atoms with E-state index >= 15 is 0 Å². The number of fused-ring (bicyclic) bond motifs is 3. The number of terminal acetylenes is 2. The summed E-state index contributed by atoms with van der Waals surface area (Å²) in [5.74, 6) is 11.2. The van der Waals surface area contributed by atoms with Crippen LogP contribution < -0.4 is 61.7 Å². The van der Waals surface area contributed by atoms with Crippen LogP contribution in [0.25, 0.3) is 0 Å². The molecule has 6 aromatic carbocycles. The van der Waals surface area contributed by atoms with E-state index in [9.17, 15) is 28.8 Å². The summed E-state index contributed by atoms with van der Waals surface area (Å²) in [4.78, 5) is 98.9. The summed E-state index contributed by atoms with van der Waals surface area (Å²) in [5, 5.41) is 21.3. The van der Waals surface area contributed by atoms with Gasteiger partial charge < -0.3 is 60.8 Å². The third-order valence-corrected chi connectivity index (χ3v) is 30.0. The number of pyridine rings is 3. The number of thiol groups is 1. The number of anilines is 6. The molecule has 0 atom stereocenters. The van der Waals surface area contributed by atoms with Gasteiger partial charge in [0.05, 0.1) is 24.2 Å². The first-order valence-electron chi connectivity index (χ1n) is 44.2. The molecular formula is C100H127BBrN16O9SSi4.